The van der Waals surface area contributed by atoms with Gasteiger partial charge in [-0.15, -0.1) is 0 Å². The third kappa shape index (κ3) is 2.35. The molecule has 0 spiro atoms. The van der Waals surface area contributed by atoms with Crippen LogP contribution in [0.1, 0.15) is 25.0 Å². The first-order chi connectivity index (χ1) is 9.45. The SMILES string of the molecule is C=C(C(=O)CC)[C@H](O)c1cc2c(cc1[N+](=O)[O-])OCO2. The number of Topliss-reactive ketones (excluding diaryl/α,β-unsaturated/α-hetero) is 1. The molecule has 0 amide bonds. The molecule has 0 fully saturated rings. The van der Waals surface area contributed by atoms with E-state index >= 15 is 0 Å². The summed E-state index contributed by atoms with van der Waals surface area (Å²) < 4.78 is 10.2. The van der Waals surface area contributed by atoms with Gasteiger partial charge in [-0.05, 0) is 6.07 Å². The fraction of sp³-hybridized carbons (Fsp3) is 0.308. The number of hydrogen-bond acceptors (Lipinski definition) is 6. The van der Waals surface area contributed by atoms with E-state index in [1.165, 1.54) is 12.1 Å². The Labute approximate surface area is 114 Å². The van der Waals surface area contributed by atoms with Crippen LogP contribution in [0.25, 0.3) is 0 Å². The summed E-state index contributed by atoms with van der Waals surface area (Å²) in [6.07, 6.45) is -1.29. The van der Waals surface area contributed by atoms with Gasteiger partial charge in [-0.3, -0.25) is 14.9 Å². The van der Waals surface area contributed by atoms with Crippen molar-refractivity contribution >= 4 is 11.5 Å². The molecule has 0 saturated heterocycles. The van der Waals surface area contributed by atoms with Crippen molar-refractivity contribution in [1.29, 1.82) is 0 Å². The van der Waals surface area contributed by atoms with Gasteiger partial charge in [-0.25, -0.2) is 0 Å². The molecule has 1 aliphatic rings. The number of nitro groups is 1. The average Bonchev–Trinajstić information content (AvgIpc) is 2.90. The van der Waals surface area contributed by atoms with E-state index in [9.17, 15) is 20.0 Å². The van der Waals surface area contributed by atoms with Crippen molar-refractivity contribution in [2.24, 2.45) is 0 Å². The molecule has 1 aliphatic heterocycles. The zero-order valence-corrected chi connectivity index (χ0v) is 10.8. The fourth-order valence-corrected chi connectivity index (χ4v) is 1.89. The number of nitro benzene ring substituents is 1. The van der Waals surface area contributed by atoms with Crippen molar-refractivity contribution in [1.82, 2.24) is 0 Å². The summed E-state index contributed by atoms with van der Waals surface area (Å²) in [5.74, 6) is 0.172. The lowest BCUT2D eigenvalue weighted by Gasteiger charge is -2.13. The van der Waals surface area contributed by atoms with Gasteiger partial charge in [0.05, 0.1) is 16.6 Å². The monoisotopic (exact) mass is 279 g/mol. The molecular weight excluding hydrogens is 266 g/mol. The van der Waals surface area contributed by atoms with E-state index in [0.29, 0.717) is 5.75 Å². The molecule has 1 heterocycles. The van der Waals surface area contributed by atoms with Crippen LogP contribution in [-0.2, 0) is 4.79 Å². The van der Waals surface area contributed by atoms with Crippen molar-refractivity contribution in [3.63, 3.8) is 0 Å². The number of carbonyl (C=O) groups excluding carboxylic acids is 1. The predicted molar refractivity (Wildman–Crippen MR) is 68.6 cm³/mol. The van der Waals surface area contributed by atoms with Crippen LogP contribution in [0.3, 0.4) is 0 Å². The van der Waals surface area contributed by atoms with Gasteiger partial charge in [0.1, 0.15) is 6.10 Å². The minimum atomic E-state index is -1.45. The van der Waals surface area contributed by atoms with Gasteiger partial charge in [0.15, 0.2) is 17.3 Å². The normalized spacial score (nSPS) is 13.9. The third-order valence-electron chi connectivity index (χ3n) is 3.02. The zero-order chi connectivity index (χ0) is 14.9. The summed E-state index contributed by atoms with van der Waals surface area (Å²) in [4.78, 5) is 22.0. The summed E-state index contributed by atoms with van der Waals surface area (Å²) in [6.45, 7) is 5.08. The molecule has 0 radical (unpaired) electrons. The summed E-state index contributed by atoms with van der Waals surface area (Å²) in [6, 6.07) is 2.48. The van der Waals surface area contributed by atoms with Crippen LogP contribution in [0.5, 0.6) is 11.5 Å². The highest BCUT2D eigenvalue weighted by Crippen LogP contribution is 2.41. The molecule has 1 aromatic carbocycles. The largest absolute Gasteiger partial charge is 0.454 e. The predicted octanol–water partition coefficient (Wildman–Crippen LogP) is 1.89. The fourth-order valence-electron chi connectivity index (χ4n) is 1.89. The molecule has 7 heteroatoms. The Morgan fingerprint density at radius 2 is 2.10 bits per heavy atom. The number of hydrogen-bond donors (Lipinski definition) is 1. The number of rotatable bonds is 5. The molecule has 0 aliphatic carbocycles. The van der Waals surface area contributed by atoms with Crippen LogP contribution in [0, 0.1) is 10.1 Å². The average molecular weight is 279 g/mol. The summed E-state index contributed by atoms with van der Waals surface area (Å²) in [5, 5.41) is 21.2. The maximum Gasteiger partial charge on any atom is 0.279 e. The van der Waals surface area contributed by atoms with Gasteiger partial charge in [0.2, 0.25) is 6.79 Å². The first-order valence-corrected chi connectivity index (χ1v) is 5.93. The van der Waals surface area contributed by atoms with E-state index in [0.717, 1.165) is 0 Å². The quantitative estimate of drug-likeness (QED) is 0.502. The highest BCUT2D eigenvalue weighted by atomic mass is 16.7. The van der Waals surface area contributed by atoms with Gasteiger partial charge in [-0.2, -0.15) is 0 Å². The smallest absolute Gasteiger partial charge is 0.279 e. The molecule has 1 N–H and O–H groups in total. The molecule has 0 unspecified atom stereocenters. The second-order valence-corrected chi connectivity index (χ2v) is 4.23. The lowest BCUT2D eigenvalue weighted by atomic mass is 9.96. The van der Waals surface area contributed by atoms with Gasteiger partial charge < -0.3 is 14.6 Å². The number of carbonyl (C=O) groups is 1. The zero-order valence-electron chi connectivity index (χ0n) is 10.8. The van der Waals surface area contributed by atoms with Gasteiger partial charge in [0, 0.05) is 12.0 Å². The van der Waals surface area contributed by atoms with Crippen LogP contribution >= 0.6 is 0 Å². The molecular formula is C13H13NO6. The maximum absolute atomic E-state index is 11.6. The Morgan fingerprint density at radius 1 is 1.50 bits per heavy atom. The van der Waals surface area contributed by atoms with Crippen LogP contribution in [0.2, 0.25) is 0 Å². The third-order valence-corrected chi connectivity index (χ3v) is 3.02. The van der Waals surface area contributed by atoms with E-state index in [-0.39, 0.29) is 41.6 Å². The first kappa shape index (κ1) is 14.0. The second kappa shape index (κ2) is 5.30. The number of benzene rings is 1. The first-order valence-electron chi connectivity index (χ1n) is 5.93. The van der Waals surface area contributed by atoms with Crippen molar-refractivity contribution in [2.45, 2.75) is 19.4 Å². The van der Waals surface area contributed by atoms with Crippen LogP contribution in [-0.4, -0.2) is 22.6 Å². The standard InChI is InChI=1S/C13H13NO6/c1-3-10(15)7(2)13(16)8-4-11-12(20-6-19-11)5-9(8)14(17)18/h4-5,13,16H,2-3,6H2,1H3/t13-/m0/s1. The molecule has 1 atom stereocenters. The molecule has 0 saturated carbocycles. The summed E-state index contributed by atoms with van der Waals surface area (Å²) in [5.41, 5.74) is -0.465. The van der Waals surface area contributed by atoms with Gasteiger partial charge >= 0.3 is 0 Å². The lowest BCUT2D eigenvalue weighted by molar-refractivity contribution is -0.386. The highest BCUT2D eigenvalue weighted by Gasteiger charge is 2.29. The minimum Gasteiger partial charge on any atom is -0.454 e. The van der Waals surface area contributed by atoms with Crippen molar-refractivity contribution in [3.8, 4) is 11.5 Å². The van der Waals surface area contributed by atoms with Crippen molar-refractivity contribution in [3.05, 3.63) is 40.0 Å². The van der Waals surface area contributed by atoms with E-state index in [2.05, 4.69) is 6.58 Å². The number of ketones is 1. The Morgan fingerprint density at radius 3 is 2.65 bits per heavy atom. The number of aliphatic hydroxyl groups is 1. The van der Waals surface area contributed by atoms with E-state index in [1.54, 1.807) is 6.92 Å². The number of ether oxygens (including phenoxy) is 2. The maximum atomic E-state index is 11.6. The Kier molecular flexibility index (Phi) is 3.71. The van der Waals surface area contributed by atoms with Crippen molar-refractivity contribution in [2.75, 3.05) is 6.79 Å². The van der Waals surface area contributed by atoms with E-state index in [4.69, 9.17) is 9.47 Å². The molecule has 1 aromatic rings. The molecule has 2 rings (SSSR count). The lowest BCUT2D eigenvalue weighted by Crippen LogP contribution is -2.11. The highest BCUT2D eigenvalue weighted by molar-refractivity contribution is 5.95. The minimum absolute atomic E-state index is 0.0361. The Hall–Kier alpha value is -2.41. The molecule has 0 aromatic heterocycles. The summed E-state index contributed by atoms with van der Waals surface area (Å²) in [7, 11) is 0. The van der Waals surface area contributed by atoms with Crippen LogP contribution in [0.4, 0.5) is 5.69 Å². The van der Waals surface area contributed by atoms with Gasteiger partial charge in [0.25, 0.3) is 5.69 Å². The van der Waals surface area contributed by atoms with E-state index < -0.39 is 11.0 Å². The Balaban J connectivity index is 2.47. The molecule has 0 bridgehead atoms. The number of fused-ring (bicyclic) bond motifs is 1. The molecule has 20 heavy (non-hydrogen) atoms. The van der Waals surface area contributed by atoms with Crippen molar-refractivity contribution < 1.29 is 24.3 Å². The van der Waals surface area contributed by atoms with Gasteiger partial charge in [-0.1, -0.05) is 13.5 Å². The van der Waals surface area contributed by atoms with E-state index in [1.807, 2.05) is 0 Å². The molecule has 7 nitrogen and oxygen atoms in total. The topological polar surface area (TPSA) is 98.9 Å². The second-order valence-electron chi connectivity index (χ2n) is 4.23. The Bertz CT molecular complexity index is 595. The number of nitrogens with zero attached hydrogens (tertiary/aromatic N) is 1. The van der Waals surface area contributed by atoms with Crippen LogP contribution in [0.15, 0.2) is 24.3 Å². The summed E-state index contributed by atoms with van der Waals surface area (Å²) >= 11 is 0. The number of aliphatic hydroxyl groups excluding tert-OH is 1. The molecule has 106 valence electrons. The van der Waals surface area contributed by atoms with Crippen LogP contribution < -0.4 is 9.47 Å².